The molecule has 0 amide bonds. The molecular formula is C35H48O5. The molecule has 1 aliphatic carbocycles. The van der Waals surface area contributed by atoms with Crippen LogP contribution in [-0.2, 0) is 9.53 Å². The molecule has 0 aromatic heterocycles. The minimum Gasteiger partial charge on any atom is -0.494 e. The van der Waals surface area contributed by atoms with E-state index >= 15 is 0 Å². The van der Waals surface area contributed by atoms with Gasteiger partial charge in [0.05, 0.1) is 18.8 Å². The van der Waals surface area contributed by atoms with Crippen LogP contribution in [0, 0.1) is 5.92 Å². The summed E-state index contributed by atoms with van der Waals surface area (Å²) < 4.78 is 16.4. The van der Waals surface area contributed by atoms with Crippen molar-refractivity contribution in [3.8, 4) is 11.5 Å². The summed E-state index contributed by atoms with van der Waals surface area (Å²) in [4.78, 5) is 23.6. The number of carbonyl (C=O) groups is 2. The van der Waals surface area contributed by atoms with E-state index in [0.29, 0.717) is 30.4 Å². The van der Waals surface area contributed by atoms with Crippen LogP contribution >= 0.6 is 0 Å². The van der Waals surface area contributed by atoms with Gasteiger partial charge in [0.15, 0.2) is 0 Å². The summed E-state index contributed by atoms with van der Waals surface area (Å²) in [7, 11) is 0. The Morgan fingerprint density at radius 3 is 2.05 bits per heavy atom. The van der Waals surface area contributed by atoms with Crippen LogP contribution in [0.15, 0.2) is 61.2 Å². The highest BCUT2D eigenvalue weighted by Gasteiger charge is 2.22. The number of rotatable bonds is 18. The van der Waals surface area contributed by atoms with E-state index in [1.54, 1.807) is 12.1 Å². The standard InChI is InChI=1S/C35H48O5/c1-3-5-10-13-28-14-16-29(17-15-28)30-18-24-33(25-19-30)40-35(37)31-20-22-32(23-21-31)38-26-11-8-6-7-9-12-27-39-34(36)4-2/h4,18-25,28-29H,2-3,5-17,26-27H2,1H3. The van der Waals surface area contributed by atoms with Crippen molar-refractivity contribution in [1.82, 2.24) is 0 Å². The van der Waals surface area contributed by atoms with E-state index in [-0.39, 0.29) is 11.9 Å². The zero-order valence-corrected chi connectivity index (χ0v) is 24.4. The van der Waals surface area contributed by atoms with Crippen LogP contribution in [0.3, 0.4) is 0 Å². The summed E-state index contributed by atoms with van der Waals surface area (Å²) >= 11 is 0. The monoisotopic (exact) mass is 548 g/mol. The molecule has 0 aliphatic heterocycles. The molecule has 0 N–H and O–H groups in total. The maximum Gasteiger partial charge on any atom is 0.343 e. The summed E-state index contributed by atoms with van der Waals surface area (Å²) in [5.41, 5.74) is 1.87. The summed E-state index contributed by atoms with van der Waals surface area (Å²) in [5, 5.41) is 0. The minimum absolute atomic E-state index is 0.354. The number of unbranched alkanes of at least 4 members (excludes halogenated alkanes) is 7. The quantitative estimate of drug-likeness (QED) is 0.0804. The third kappa shape index (κ3) is 11.6. The van der Waals surface area contributed by atoms with Gasteiger partial charge in [-0.2, -0.15) is 0 Å². The fraction of sp³-hybridized carbons (Fsp3) is 0.543. The molecule has 1 saturated carbocycles. The van der Waals surface area contributed by atoms with E-state index < -0.39 is 0 Å². The Bertz CT molecular complexity index is 1000. The third-order valence-electron chi connectivity index (χ3n) is 7.93. The number of hydrogen-bond acceptors (Lipinski definition) is 5. The lowest BCUT2D eigenvalue weighted by Crippen LogP contribution is -2.13. The normalized spacial score (nSPS) is 16.7. The van der Waals surface area contributed by atoms with Crippen LogP contribution in [-0.4, -0.2) is 25.2 Å². The molecule has 5 nitrogen and oxygen atoms in total. The molecule has 1 fully saturated rings. The summed E-state index contributed by atoms with van der Waals surface area (Å²) in [6.07, 6.45) is 18.1. The first-order chi connectivity index (χ1) is 19.6. The van der Waals surface area contributed by atoms with Crippen molar-refractivity contribution in [2.75, 3.05) is 13.2 Å². The Labute approximate surface area is 241 Å². The molecule has 1 aliphatic rings. The van der Waals surface area contributed by atoms with Gasteiger partial charge in [-0.25, -0.2) is 9.59 Å². The van der Waals surface area contributed by atoms with E-state index in [2.05, 4.69) is 25.6 Å². The van der Waals surface area contributed by atoms with Crippen LogP contribution < -0.4 is 9.47 Å². The summed E-state index contributed by atoms with van der Waals surface area (Å²) in [6.45, 7) is 6.76. The molecule has 0 radical (unpaired) electrons. The van der Waals surface area contributed by atoms with Gasteiger partial charge >= 0.3 is 11.9 Å². The molecule has 0 unspecified atom stereocenters. The van der Waals surface area contributed by atoms with Crippen molar-refractivity contribution in [3.05, 3.63) is 72.3 Å². The first-order valence-corrected chi connectivity index (χ1v) is 15.4. The van der Waals surface area contributed by atoms with Crippen molar-refractivity contribution < 1.29 is 23.8 Å². The molecule has 0 saturated heterocycles. The van der Waals surface area contributed by atoms with Crippen LogP contribution in [0.5, 0.6) is 11.5 Å². The molecule has 2 aromatic carbocycles. The molecule has 0 atom stereocenters. The second-order valence-electron chi connectivity index (χ2n) is 11.0. The highest BCUT2D eigenvalue weighted by molar-refractivity contribution is 5.91. The van der Waals surface area contributed by atoms with Gasteiger partial charge in [-0.3, -0.25) is 0 Å². The lowest BCUT2D eigenvalue weighted by molar-refractivity contribution is -0.137. The zero-order chi connectivity index (χ0) is 28.4. The van der Waals surface area contributed by atoms with Crippen LogP contribution in [0.4, 0.5) is 0 Å². The second kappa shape index (κ2) is 18.3. The van der Waals surface area contributed by atoms with Gasteiger partial charge in [-0.1, -0.05) is 77.0 Å². The van der Waals surface area contributed by atoms with Crippen LogP contribution in [0.2, 0.25) is 0 Å². The Morgan fingerprint density at radius 1 is 0.775 bits per heavy atom. The van der Waals surface area contributed by atoms with E-state index in [4.69, 9.17) is 14.2 Å². The molecule has 218 valence electrons. The highest BCUT2D eigenvalue weighted by atomic mass is 16.5. The van der Waals surface area contributed by atoms with E-state index in [1.807, 2.05) is 24.3 Å². The topological polar surface area (TPSA) is 61.8 Å². The average molecular weight is 549 g/mol. The third-order valence-corrected chi connectivity index (χ3v) is 7.93. The van der Waals surface area contributed by atoms with E-state index in [0.717, 1.165) is 50.2 Å². The van der Waals surface area contributed by atoms with Crippen molar-refractivity contribution in [2.45, 2.75) is 103 Å². The summed E-state index contributed by atoms with van der Waals surface area (Å²) in [5.74, 6) is 2.16. The van der Waals surface area contributed by atoms with Crippen molar-refractivity contribution in [2.24, 2.45) is 5.92 Å². The predicted octanol–water partition coefficient (Wildman–Crippen LogP) is 9.21. The Morgan fingerprint density at radius 2 is 1.40 bits per heavy atom. The van der Waals surface area contributed by atoms with Crippen LogP contribution in [0.1, 0.15) is 119 Å². The molecule has 0 spiro atoms. The molecule has 2 aromatic rings. The van der Waals surface area contributed by atoms with Crippen molar-refractivity contribution in [3.63, 3.8) is 0 Å². The average Bonchev–Trinajstić information content (AvgIpc) is 2.99. The van der Waals surface area contributed by atoms with Gasteiger partial charge in [-0.05, 0) is 92.3 Å². The highest BCUT2D eigenvalue weighted by Crippen LogP contribution is 2.38. The smallest absolute Gasteiger partial charge is 0.343 e. The number of carbonyl (C=O) groups excluding carboxylic acids is 2. The van der Waals surface area contributed by atoms with Gasteiger partial charge in [0.25, 0.3) is 0 Å². The molecule has 40 heavy (non-hydrogen) atoms. The number of hydrogen-bond donors (Lipinski definition) is 0. The molecule has 0 heterocycles. The predicted molar refractivity (Wildman–Crippen MR) is 161 cm³/mol. The Balaban J connectivity index is 1.29. The minimum atomic E-state index is -0.355. The van der Waals surface area contributed by atoms with Gasteiger partial charge in [0.1, 0.15) is 11.5 Å². The first-order valence-electron chi connectivity index (χ1n) is 15.4. The summed E-state index contributed by atoms with van der Waals surface area (Å²) in [6, 6.07) is 15.3. The number of esters is 2. The van der Waals surface area contributed by atoms with Gasteiger partial charge in [-0.15, -0.1) is 0 Å². The van der Waals surface area contributed by atoms with Crippen LogP contribution in [0.25, 0.3) is 0 Å². The van der Waals surface area contributed by atoms with Crippen molar-refractivity contribution in [1.29, 1.82) is 0 Å². The first kappa shape index (κ1) is 31.4. The SMILES string of the molecule is C=CC(=O)OCCCCCCCCOc1ccc(C(=O)Oc2ccc(C3CCC(CCCCC)CC3)cc2)cc1. The Hall–Kier alpha value is -3.08. The fourth-order valence-electron chi connectivity index (χ4n) is 5.46. The maximum absolute atomic E-state index is 12.6. The van der Waals surface area contributed by atoms with Gasteiger partial charge in [0, 0.05) is 6.08 Å². The number of benzene rings is 2. The number of ether oxygens (including phenoxy) is 3. The maximum atomic E-state index is 12.6. The van der Waals surface area contributed by atoms with E-state index in [9.17, 15) is 9.59 Å². The fourth-order valence-corrected chi connectivity index (χ4v) is 5.46. The molecule has 0 bridgehead atoms. The molecule has 5 heteroatoms. The molecule has 3 rings (SSSR count). The second-order valence-corrected chi connectivity index (χ2v) is 11.0. The van der Waals surface area contributed by atoms with Crippen molar-refractivity contribution >= 4 is 11.9 Å². The molecular weight excluding hydrogens is 500 g/mol. The largest absolute Gasteiger partial charge is 0.494 e. The van der Waals surface area contributed by atoms with E-state index in [1.165, 1.54) is 63.0 Å². The Kier molecular flexibility index (Phi) is 14.4. The zero-order valence-electron chi connectivity index (χ0n) is 24.4. The van der Waals surface area contributed by atoms with Gasteiger partial charge in [0.2, 0.25) is 0 Å². The lowest BCUT2D eigenvalue weighted by atomic mass is 9.77. The lowest BCUT2D eigenvalue weighted by Gasteiger charge is -2.29. The van der Waals surface area contributed by atoms with Gasteiger partial charge < -0.3 is 14.2 Å².